The maximum atomic E-state index is 12.6. The molecule has 0 atom stereocenters. The van der Waals surface area contributed by atoms with Crippen LogP contribution in [0.1, 0.15) is 30.4 Å². The summed E-state index contributed by atoms with van der Waals surface area (Å²) in [5.41, 5.74) is 2.71. The second-order valence-electron chi connectivity index (χ2n) is 8.51. The third-order valence-corrected chi connectivity index (χ3v) is 6.10. The van der Waals surface area contributed by atoms with Crippen molar-refractivity contribution in [2.45, 2.75) is 32.6 Å². The Labute approximate surface area is 174 Å². The van der Waals surface area contributed by atoms with Crippen LogP contribution in [0, 0.1) is 12.8 Å². The molecule has 160 valence electrons. The summed E-state index contributed by atoms with van der Waals surface area (Å²) in [5, 5.41) is 0. The molecule has 2 fully saturated rings. The summed E-state index contributed by atoms with van der Waals surface area (Å²) >= 11 is 0. The lowest BCUT2D eigenvalue weighted by molar-refractivity contribution is -0.138. The number of amides is 2. The number of hydrogen-bond acceptors (Lipinski definition) is 4. The van der Waals surface area contributed by atoms with Crippen LogP contribution in [0.25, 0.3) is 0 Å². The van der Waals surface area contributed by atoms with Crippen molar-refractivity contribution in [1.29, 1.82) is 0 Å². The highest BCUT2D eigenvalue weighted by Crippen LogP contribution is 2.22. The molecule has 0 N–H and O–H groups in total. The maximum absolute atomic E-state index is 12.6. The van der Waals surface area contributed by atoms with Crippen molar-refractivity contribution in [3.8, 4) is 0 Å². The Morgan fingerprint density at radius 3 is 2.10 bits per heavy atom. The molecule has 3 rings (SSSR count). The average molecular weight is 402 g/mol. The first-order valence-electron chi connectivity index (χ1n) is 10.9. The molecule has 0 bridgehead atoms. The Morgan fingerprint density at radius 2 is 1.52 bits per heavy atom. The lowest BCUT2D eigenvalue weighted by Gasteiger charge is -2.33. The van der Waals surface area contributed by atoms with E-state index in [0.717, 1.165) is 32.4 Å². The number of piperidine rings is 1. The molecule has 2 aliphatic rings. The van der Waals surface area contributed by atoms with Gasteiger partial charge in [-0.15, -0.1) is 0 Å². The van der Waals surface area contributed by atoms with Crippen LogP contribution in [-0.2, 0) is 20.7 Å². The summed E-state index contributed by atoms with van der Waals surface area (Å²) in [6.07, 6.45) is 4.46. The third kappa shape index (κ3) is 6.82. The third-order valence-electron chi connectivity index (χ3n) is 6.10. The van der Waals surface area contributed by atoms with Gasteiger partial charge in [-0.3, -0.25) is 14.5 Å². The first-order valence-corrected chi connectivity index (χ1v) is 10.9. The Hall–Kier alpha value is -1.92. The highest BCUT2D eigenvalue weighted by atomic mass is 16.5. The van der Waals surface area contributed by atoms with Crippen molar-refractivity contribution in [3.63, 3.8) is 0 Å². The number of ether oxygens (including phenoxy) is 1. The van der Waals surface area contributed by atoms with E-state index >= 15 is 0 Å². The minimum Gasteiger partial charge on any atom is -0.378 e. The first-order chi connectivity index (χ1) is 14.0. The number of rotatable bonds is 7. The Bertz CT molecular complexity index is 662. The monoisotopic (exact) mass is 401 g/mol. The van der Waals surface area contributed by atoms with Gasteiger partial charge in [-0.2, -0.15) is 0 Å². The van der Waals surface area contributed by atoms with Gasteiger partial charge >= 0.3 is 0 Å². The van der Waals surface area contributed by atoms with Crippen molar-refractivity contribution >= 4 is 11.8 Å². The number of aryl methyl sites for hydroxylation is 2. The van der Waals surface area contributed by atoms with E-state index in [1.165, 1.54) is 17.5 Å². The molecule has 6 heteroatoms. The van der Waals surface area contributed by atoms with Gasteiger partial charge in [0, 0.05) is 26.2 Å². The van der Waals surface area contributed by atoms with Gasteiger partial charge in [0.15, 0.2) is 0 Å². The second-order valence-corrected chi connectivity index (χ2v) is 8.51. The van der Waals surface area contributed by atoms with Gasteiger partial charge in [0.05, 0.1) is 26.3 Å². The number of likely N-dealkylation sites (N-methyl/N-ethyl adjacent to an activating group) is 1. The highest BCUT2D eigenvalue weighted by Gasteiger charge is 2.24. The van der Waals surface area contributed by atoms with Crippen LogP contribution < -0.4 is 0 Å². The van der Waals surface area contributed by atoms with Crippen molar-refractivity contribution in [3.05, 3.63) is 35.4 Å². The Balaban J connectivity index is 1.34. The maximum Gasteiger partial charge on any atom is 0.236 e. The van der Waals surface area contributed by atoms with Crippen molar-refractivity contribution < 1.29 is 14.3 Å². The largest absolute Gasteiger partial charge is 0.378 e. The quantitative estimate of drug-likeness (QED) is 0.701. The zero-order chi connectivity index (χ0) is 20.6. The van der Waals surface area contributed by atoms with E-state index in [9.17, 15) is 9.59 Å². The molecule has 2 saturated heterocycles. The van der Waals surface area contributed by atoms with E-state index in [1.807, 2.05) is 21.7 Å². The minimum atomic E-state index is 0.0819. The number of benzene rings is 1. The van der Waals surface area contributed by atoms with E-state index < -0.39 is 0 Å². The minimum absolute atomic E-state index is 0.0819. The van der Waals surface area contributed by atoms with Crippen LogP contribution in [0.15, 0.2) is 24.3 Å². The van der Waals surface area contributed by atoms with Gasteiger partial charge in [-0.05, 0) is 51.1 Å². The molecule has 0 aromatic heterocycles. The highest BCUT2D eigenvalue weighted by molar-refractivity contribution is 5.81. The van der Waals surface area contributed by atoms with E-state index in [0.29, 0.717) is 45.3 Å². The molecule has 1 aromatic rings. The average Bonchev–Trinajstić information content (AvgIpc) is 2.74. The van der Waals surface area contributed by atoms with Crippen LogP contribution in [0.3, 0.4) is 0 Å². The van der Waals surface area contributed by atoms with Crippen LogP contribution in [0.5, 0.6) is 0 Å². The van der Waals surface area contributed by atoms with Gasteiger partial charge in [0.25, 0.3) is 0 Å². The predicted octanol–water partition coefficient (Wildman–Crippen LogP) is 1.96. The van der Waals surface area contributed by atoms with Crippen LogP contribution in [-0.4, -0.2) is 86.0 Å². The molecule has 0 aliphatic carbocycles. The molecule has 1 aromatic carbocycles. The summed E-state index contributed by atoms with van der Waals surface area (Å²) < 4.78 is 5.29. The first kappa shape index (κ1) is 21.8. The van der Waals surface area contributed by atoms with Crippen molar-refractivity contribution in [2.75, 3.05) is 59.5 Å². The molecular weight excluding hydrogens is 366 g/mol. The molecule has 6 nitrogen and oxygen atoms in total. The number of likely N-dealkylation sites (tertiary alicyclic amines) is 1. The molecular formula is C23H35N3O3. The summed E-state index contributed by atoms with van der Waals surface area (Å²) in [4.78, 5) is 30.6. The van der Waals surface area contributed by atoms with Gasteiger partial charge in [-0.1, -0.05) is 29.8 Å². The fourth-order valence-corrected chi connectivity index (χ4v) is 4.13. The van der Waals surface area contributed by atoms with Gasteiger partial charge in [0.2, 0.25) is 11.8 Å². The second kappa shape index (κ2) is 10.7. The Morgan fingerprint density at radius 1 is 0.966 bits per heavy atom. The van der Waals surface area contributed by atoms with Crippen molar-refractivity contribution in [1.82, 2.24) is 14.7 Å². The van der Waals surface area contributed by atoms with Gasteiger partial charge in [-0.25, -0.2) is 0 Å². The molecule has 2 amide bonds. The summed E-state index contributed by atoms with van der Waals surface area (Å²) in [6.45, 7) is 6.90. The molecule has 0 saturated carbocycles. The molecule has 29 heavy (non-hydrogen) atoms. The topological polar surface area (TPSA) is 53.1 Å². The molecule has 0 spiro atoms. The number of carbonyl (C=O) groups excluding carboxylic acids is 2. The zero-order valence-electron chi connectivity index (χ0n) is 17.9. The standard InChI is InChI=1S/C23H35N3O3/c1-19-3-5-20(6-4-19)7-8-21-9-11-25(12-10-21)22(27)17-24(2)18-23(28)26-13-15-29-16-14-26/h3-6,21H,7-18H2,1-2H3. The molecule has 2 heterocycles. The van der Waals surface area contributed by atoms with E-state index in [4.69, 9.17) is 4.74 Å². The predicted molar refractivity (Wildman–Crippen MR) is 114 cm³/mol. The van der Waals surface area contributed by atoms with E-state index in [2.05, 4.69) is 31.2 Å². The zero-order valence-corrected chi connectivity index (χ0v) is 17.9. The van der Waals surface area contributed by atoms with Crippen molar-refractivity contribution in [2.24, 2.45) is 5.92 Å². The summed E-state index contributed by atoms with van der Waals surface area (Å²) in [6, 6.07) is 8.80. The van der Waals surface area contributed by atoms with Gasteiger partial charge < -0.3 is 14.5 Å². The van der Waals surface area contributed by atoms with Gasteiger partial charge in [0.1, 0.15) is 0 Å². The number of hydrogen-bond donors (Lipinski definition) is 0. The normalized spacial score (nSPS) is 18.3. The summed E-state index contributed by atoms with van der Waals surface area (Å²) in [5.74, 6) is 0.915. The van der Waals surface area contributed by atoms with Crippen LogP contribution in [0.2, 0.25) is 0 Å². The van der Waals surface area contributed by atoms with E-state index in [-0.39, 0.29) is 11.8 Å². The molecule has 0 unspecified atom stereocenters. The number of carbonyl (C=O) groups is 2. The fourth-order valence-electron chi connectivity index (χ4n) is 4.13. The SMILES string of the molecule is Cc1ccc(CCC2CCN(C(=O)CN(C)CC(=O)N3CCOCC3)CC2)cc1. The summed E-state index contributed by atoms with van der Waals surface area (Å²) in [7, 11) is 1.85. The smallest absolute Gasteiger partial charge is 0.236 e. The molecule has 2 aliphatic heterocycles. The van der Waals surface area contributed by atoms with Crippen LogP contribution in [0.4, 0.5) is 0 Å². The number of morpholine rings is 1. The fraction of sp³-hybridized carbons (Fsp3) is 0.652. The molecule has 0 radical (unpaired) electrons. The lowest BCUT2D eigenvalue weighted by atomic mass is 9.90. The van der Waals surface area contributed by atoms with E-state index in [1.54, 1.807) is 0 Å². The lowest BCUT2D eigenvalue weighted by Crippen LogP contribution is -2.48. The van der Waals surface area contributed by atoms with Crippen LogP contribution >= 0.6 is 0 Å². The Kier molecular flexibility index (Phi) is 8.07. The number of nitrogens with zero attached hydrogens (tertiary/aromatic N) is 3.